The Balaban J connectivity index is 1.94. The molecule has 1 fully saturated rings. The Bertz CT molecular complexity index is 464. The third-order valence-corrected chi connectivity index (χ3v) is 3.90. The number of ether oxygens (including phenoxy) is 1. The molecule has 2 atom stereocenters. The Morgan fingerprint density at radius 1 is 1.60 bits per heavy atom. The van der Waals surface area contributed by atoms with Crippen LogP contribution in [0, 0.1) is 5.92 Å². The number of carboxylic acids is 1. The van der Waals surface area contributed by atoms with Crippen molar-refractivity contribution < 1.29 is 14.6 Å². The molecular formula is C15H22N2O3. The minimum Gasteiger partial charge on any atom is -0.497 e. The van der Waals surface area contributed by atoms with Crippen LogP contribution in [-0.2, 0) is 11.3 Å². The van der Waals surface area contributed by atoms with E-state index in [2.05, 4.69) is 16.3 Å². The molecule has 1 aliphatic rings. The second kappa shape index (κ2) is 6.72. The van der Waals surface area contributed by atoms with Gasteiger partial charge in [0.25, 0.3) is 0 Å². The van der Waals surface area contributed by atoms with E-state index < -0.39 is 12.0 Å². The monoisotopic (exact) mass is 278 g/mol. The van der Waals surface area contributed by atoms with Gasteiger partial charge in [0, 0.05) is 13.1 Å². The average molecular weight is 278 g/mol. The number of likely N-dealkylation sites (N-methyl/N-ethyl adjacent to an activating group) is 1. The fraction of sp³-hybridized carbons (Fsp3) is 0.533. The van der Waals surface area contributed by atoms with Crippen molar-refractivity contribution in [2.75, 3.05) is 27.2 Å². The number of aliphatic carboxylic acids is 1. The van der Waals surface area contributed by atoms with E-state index in [1.807, 2.05) is 18.2 Å². The first kappa shape index (κ1) is 14.8. The van der Waals surface area contributed by atoms with Crippen molar-refractivity contribution in [2.45, 2.75) is 19.0 Å². The molecule has 0 aromatic heterocycles. The number of carboxylic acid groups (broad SMARTS) is 1. The Morgan fingerprint density at radius 2 is 2.40 bits per heavy atom. The van der Waals surface area contributed by atoms with Gasteiger partial charge in [-0.05, 0) is 43.6 Å². The summed E-state index contributed by atoms with van der Waals surface area (Å²) in [5.41, 5.74) is 1.20. The predicted octanol–water partition coefficient (Wildman–Crippen LogP) is 1.19. The van der Waals surface area contributed by atoms with Gasteiger partial charge in [-0.3, -0.25) is 9.69 Å². The summed E-state index contributed by atoms with van der Waals surface area (Å²) in [5, 5.41) is 12.1. The van der Waals surface area contributed by atoms with Crippen LogP contribution in [0.1, 0.15) is 12.0 Å². The van der Waals surface area contributed by atoms with Crippen molar-refractivity contribution in [3.8, 4) is 5.75 Å². The van der Waals surface area contributed by atoms with Crippen molar-refractivity contribution in [1.29, 1.82) is 0 Å². The average Bonchev–Trinajstić information content (AvgIpc) is 2.87. The van der Waals surface area contributed by atoms with Crippen LogP contribution in [0.25, 0.3) is 0 Å². The van der Waals surface area contributed by atoms with E-state index in [0.717, 1.165) is 31.8 Å². The minimum atomic E-state index is -0.763. The molecule has 0 aliphatic carbocycles. The lowest BCUT2D eigenvalue weighted by atomic mass is 9.99. The normalized spacial score (nSPS) is 20.8. The van der Waals surface area contributed by atoms with E-state index in [4.69, 9.17) is 4.74 Å². The molecule has 5 nitrogen and oxygen atoms in total. The Labute approximate surface area is 119 Å². The highest BCUT2D eigenvalue weighted by Gasteiger charge is 2.32. The highest BCUT2D eigenvalue weighted by Crippen LogP contribution is 2.23. The van der Waals surface area contributed by atoms with E-state index in [0.29, 0.717) is 0 Å². The van der Waals surface area contributed by atoms with Crippen LogP contribution in [0.4, 0.5) is 0 Å². The zero-order chi connectivity index (χ0) is 14.5. The number of methoxy groups -OCH3 is 1. The van der Waals surface area contributed by atoms with Crippen molar-refractivity contribution in [3.63, 3.8) is 0 Å². The van der Waals surface area contributed by atoms with E-state index in [1.54, 1.807) is 14.2 Å². The fourth-order valence-corrected chi connectivity index (χ4v) is 2.87. The second-order valence-electron chi connectivity index (χ2n) is 5.24. The molecule has 1 aromatic carbocycles. The summed E-state index contributed by atoms with van der Waals surface area (Å²) >= 11 is 0. The Kier molecular flexibility index (Phi) is 4.98. The van der Waals surface area contributed by atoms with Gasteiger partial charge >= 0.3 is 5.97 Å². The summed E-state index contributed by atoms with van der Waals surface area (Å²) in [4.78, 5) is 13.5. The van der Waals surface area contributed by atoms with Crippen LogP contribution in [-0.4, -0.2) is 49.3 Å². The molecule has 2 N–H and O–H groups in total. The van der Waals surface area contributed by atoms with Crippen LogP contribution in [0.15, 0.2) is 24.3 Å². The van der Waals surface area contributed by atoms with Gasteiger partial charge in [-0.2, -0.15) is 0 Å². The number of nitrogens with zero attached hydrogens (tertiary/aromatic N) is 1. The molecule has 0 saturated carbocycles. The topological polar surface area (TPSA) is 61.8 Å². The maximum absolute atomic E-state index is 11.2. The molecule has 0 amide bonds. The molecule has 1 heterocycles. The van der Waals surface area contributed by atoms with Crippen LogP contribution in [0.5, 0.6) is 5.75 Å². The Hall–Kier alpha value is -1.59. The number of hydrogen-bond donors (Lipinski definition) is 2. The third kappa shape index (κ3) is 3.49. The zero-order valence-electron chi connectivity index (χ0n) is 12.0. The highest BCUT2D eigenvalue weighted by molar-refractivity contribution is 5.73. The fourth-order valence-electron chi connectivity index (χ4n) is 2.87. The summed E-state index contributed by atoms with van der Waals surface area (Å²) in [5.74, 6) is 0.265. The molecule has 5 heteroatoms. The number of likely N-dealkylation sites (tertiary alicyclic amines) is 1. The van der Waals surface area contributed by atoms with Gasteiger partial charge in [0.05, 0.1) is 7.11 Å². The molecule has 1 saturated heterocycles. The number of hydrogen-bond acceptors (Lipinski definition) is 4. The van der Waals surface area contributed by atoms with E-state index in [9.17, 15) is 9.90 Å². The van der Waals surface area contributed by atoms with Gasteiger partial charge < -0.3 is 15.2 Å². The molecule has 2 rings (SSSR count). The maximum Gasteiger partial charge on any atom is 0.321 e. The van der Waals surface area contributed by atoms with Gasteiger partial charge in [0.15, 0.2) is 0 Å². The third-order valence-electron chi connectivity index (χ3n) is 3.90. The molecule has 0 spiro atoms. The number of benzene rings is 1. The first-order valence-electron chi connectivity index (χ1n) is 6.89. The molecule has 20 heavy (non-hydrogen) atoms. The number of carbonyl (C=O) groups is 1. The summed E-state index contributed by atoms with van der Waals surface area (Å²) in [6, 6.07) is 7.56. The van der Waals surface area contributed by atoms with E-state index in [-0.39, 0.29) is 5.92 Å². The molecule has 2 unspecified atom stereocenters. The molecule has 1 aromatic rings. The summed E-state index contributed by atoms with van der Waals surface area (Å²) < 4.78 is 5.22. The molecular weight excluding hydrogens is 256 g/mol. The first-order valence-corrected chi connectivity index (χ1v) is 6.89. The quantitative estimate of drug-likeness (QED) is 0.818. The smallest absolute Gasteiger partial charge is 0.321 e. The molecule has 110 valence electrons. The van der Waals surface area contributed by atoms with Crippen molar-refractivity contribution in [2.24, 2.45) is 5.92 Å². The van der Waals surface area contributed by atoms with Crippen molar-refractivity contribution in [1.82, 2.24) is 10.2 Å². The maximum atomic E-state index is 11.2. The van der Waals surface area contributed by atoms with Gasteiger partial charge in [-0.1, -0.05) is 12.1 Å². The SMILES string of the molecule is CNC(C(=O)O)C1CCN(Cc2cccc(OC)c2)C1. The number of rotatable bonds is 6. The molecule has 0 bridgehead atoms. The summed E-state index contributed by atoms with van der Waals surface area (Å²) in [7, 11) is 3.37. The van der Waals surface area contributed by atoms with Gasteiger partial charge in [0.1, 0.15) is 11.8 Å². The predicted molar refractivity (Wildman–Crippen MR) is 76.9 cm³/mol. The lowest BCUT2D eigenvalue weighted by molar-refractivity contribution is -0.140. The lowest BCUT2D eigenvalue weighted by Gasteiger charge is -2.20. The number of nitrogens with one attached hydrogen (secondary N) is 1. The van der Waals surface area contributed by atoms with Crippen LogP contribution in [0.3, 0.4) is 0 Å². The Morgan fingerprint density at radius 3 is 3.05 bits per heavy atom. The van der Waals surface area contributed by atoms with Crippen molar-refractivity contribution in [3.05, 3.63) is 29.8 Å². The first-order chi connectivity index (χ1) is 9.63. The van der Waals surface area contributed by atoms with Crippen molar-refractivity contribution >= 4 is 5.97 Å². The molecule has 0 radical (unpaired) electrons. The van der Waals surface area contributed by atoms with Gasteiger partial charge in [-0.25, -0.2) is 0 Å². The summed E-state index contributed by atoms with van der Waals surface area (Å²) in [6.45, 7) is 2.59. The zero-order valence-corrected chi connectivity index (χ0v) is 12.0. The van der Waals surface area contributed by atoms with E-state index >= 15 is 0 Å². The van der Waals surface area contributed by atoms with Gasteiger partial charge in [0.2, 0.25) is 0 Å². The molecule has 1 aliphatic heterocycles. The van der Waals surface area contributed by atoms with Crippen LogP contribution >= 0.6 is 0 Å². The summed E-state index contributed by atoms with van der Waals surface area (Å²) in [6.07, 6.45) is 0.918. The second-order valence-corrected chi connectivity index (χ2v) is 5.24. The lowest BCUT2D eigenvalue weighted by Crippen LogP contribution is -2.41. The highest BCUT2D eigenvalue weighted by atomic mass is 16.5. The van der Waals surface area contributed by atoms with Crippen LogP contribution < -0.4 is 10.1 Å². The van der Waals surface area contributed by atoms with Gasteiger partial charge in [-0.15, -0.1) is 0 Å². The minimum absolute atomic E-state index is 0.170. The standard InChI is InChI=1S/C15H22N2O3/c1-16-14(15(18)19)12-6-7-17(10-12)9-11-4-3-5-13(8-11)20-2/h3-5,8,12,14,16H,6-7,9-10H2,1-2H3,(H,18,19). The van der Waals surface area contributed by atoms with Crippen LogP contribution in [0.2, 0.25) is 0 Å². The van der Waals surface area contributed by atoms with E-state index in [1.165, 1.54) is 5.56 Å². The largest absolute Gasteiger partial charge is 0.497 e.